The molecule has 1 N–H and O–H groups in total. The van der Waals surface area contributed by atoms with Crippen LogP contribution in [-0.4, -0.2) is 25.8 Å². The monoisotopic (exact) mass is 194 g/mol. The minimum Gasteiger partial charge on any atom is -0.381 e. The molecule has 2 saturated heterocycles. The summed E-state index contributed by atoms with van der Waals surface area (Å²) in [5.41, 5.74) is 0. The second kappa shape index (κ2) is 4.29. The summed E-state index contributed by atoms with van der Waals surface area (Å²) in [5.74, 6) is 1.40. The van der Waals surface area contributed by atoms with Crippen LogP contribution in [0.1, 0.15) is 19.8 Å². The molecule has 4 atom stereocenters. The number of piperidine rings is 1. The Labute approximate surface area is 85.4 Å². The van der Waals surface area contributed by atoms with E-state index in [9.17, 15) is 0 Å². The first-order valence-corrected chi connectivity index (χ1v) is 5.56. The summed E-state index contributed by atoms with van der Waals surface area (Å²) >= 11 is 0. The van der Waals surface area contributed by atoms with Gasteiger partial charge in [0.1, 0.15) is 0 Å². The number of nitrogens with zero attached hydrogens (tertiary/aromatic N) is 1. The molecule has 3 heteroatoms. The highest BCUT2D eigenvalue weighted by molar-refractivity contribution is 4.97. The SMILES string of the molecule is CCC1COCC2CC(C#N)CNC12. The van der Waals surface area contributed by atoms with Gasteiger partial charge >= 0.3 is 0 Å². The van der Waals surface area contributed by atoms with Gasteiger partial charge in [0.15, 0.2) is 0 Å². The number of hydrogen-bond acceptors (Lipinski definition) is 3. The Morgan fingerprint density at radius 3 is 3.07 bits per heavy atom. The largest absolute Gasteiger partial charge is 0.381 e. The molecule has 2 heterocycles. The van der Waals surface area contributed by atoms with E-state index < -0.39 is 0 Å². The second-order valence-corrected chi connectivity index (χ2v) is 4.46. The third kappa shape index (κ3) is 1.77. The highest BCUT2D eigenvalue weighted by atomic mass is 16.5. The molecule has 0 spiro atoms. The zero-order valence-electron chi connectivity index (χ0n) is 8.70. The van der Waals surface area contributed by atoms with Crippen molar-refractivity contribution in [2.75, 3.05) is 19.8 Å². The first kappa shape index (κ1) is 9.95. The molecule has 14 heavy (non-hydrogen) atoms. The summed E-state index contributed by atoms with van der Waals surface area (Å²) in [7, 11) is 0. The van der Waals surface area contributed by atoms with Gasteiger partial charge in [-0.1, -0.05) is 6.92 Å². The Balaban J connectivity index is 2.00. The van der Waals surface area contributed by atoms with E-state index in [-0.39, 0.29) is 5.92 Å². The lowest BCUT2D eigenvalue weighted by molar-refractivity contribution is -0.0293. The van der Waals surface area contributed by atoms with Gasteiger partial charge in [-0.15, -0.1) is 0 Å². The summed E-state index contributed by atoms with van der Waals surface area (Å²) in [6.45, 7) is 4.82. The third-order valence-electron chi connectivity index (χ3n) is 3.57. The van der Waals surface area contributed by atoms with Crippen LogP contribution >= 0.6 is 0 Å². The molecule has 2 rings (SSSR count). The maximum atomic E-state index is 8.87. The zero-order valence-corrected chi connectivity index (χ0v) is 8.70. The molecule has 0 aromatic rings. The lowest BCUT2D eigenvalue weighted by Gasteiger charge is -2.42. The predicted octanol–water partition coefficient (Wildman–Crippen LogP) is 1.16. The Bertz CT molecular complexity index is 236. The van der Waals surface area contributed by atoms with Crippen LogP contribution < -0.4 is 5.32 Å². The molecule has 0 aromatic heterocycles. The molecule has 2 aliphatic rings. The lowest BCUT2D eigenvalue weighted by Crippen LogP contribution is -2.54. The standard InChI is InChI=1S/C11H18N2O/c1-2-9-6-14-7-10-3-8(4-12)5-13-11(9)10/h8-11,13H,2-3,5-7H2,1H3. The number of hydrogen-bond donors (Lipinski definition) is 1. The third-order valence-corrected chi connectivity index (χ3v) is 3.57. The smallest absolute Gasteiger partial charge is 0.0669 e. The number of nitrogens with one attached hydrogen (secondary N) is 1. The molecule has 0 aliphatic carbocycles. The number of fused-ring (bicyclic) bond motifs is 1. The van der Waals surface area contributed by atoms with Crippen LogP contribution in [0.4, 0.5) is 0 Å². The first-order valence-electron chi connectivity index (χ1n) is 5.56. The van der Waals surface area contributed by atoms with E-state index in [2.05, 4.69) is 18.3 Å². The summed E-state index contributed by atoms with van der Waals surface area (Å²) < 4.78 is 5.59. The molecule has 0 aromatic carbocycles. The van der Waals surface area contributed by atoms with Gasteiger partial charge in [0.2, 0.25) is 0 Å². The average molecular weight is 194 g/mol. The molecule has 0 radical (unpaired) electrons. The van der Waals surface area contributed by atoms with Crippen molar-refractivity contribution in [2.24, 2.45) is 17.8 Å². The maximum Gasteiger partial charge on any atom is 0.0669 e. The molecular weight excluding hydrogens is 176 g/mol. The van der Waals surface area contributed by atoms with Crippen LogP contribution in [0.3, 0.4) is 0 Å². The minimum absolute atomic E-state index is 0.190. The molecular formula is C11H18N2O. The minimum atomic E-state index is 0.190. The Kier molecular flexibility index (Phi) is 3.05. The van der Waals surface area contributed by atoms with Crippen LogP contribution in [0.2, 0.25) is 0 Å². The van der Waals surface area contributed by atoms with Gasteiger partial charge in [0.25, 0.3) is 0 Å². The average Bonchev–Trinajstić information content (AvgIpc) is 2.27. The molecule has 0 saturated carbocycles. The van der Waals surface area contributed by atoms with Gasteiger partial charge < -0.3 is 10.1 Å². The van der Waals surface area contributed by atoms with Crippen molar-refractivity contribution in [2.45, 2.75) is 25.8 Å². The fraction of sp³-hybridized carbons (Fsp3) is 0.909. The molecule has 0 bridgehead atoms. The van der Waals surface area contributed by atoms with Gasteiger partial charge in [-0.05, 0) is 24.7 Å². The van der Waals surface area contributed by atoms with Crippen molar-refractivity contribution in [1.82, 2.24) is 5.32 Å². The van der Waals surface area contributed by atoms with Gasteiger partial charge in [-0.3, -0.25) is 0 Å². The maximum absolute atomic E-state index is 8.87. The van der Waals surface area contributed by atoms with Gasteiger partial charge in [0, 0.05) is 12.6 Å². The van der Waals surface area contributed by atoms with Crippen LogP contribution in [0, 0.1) is 29.1 Å². The summed E-state index contributed by atoms with van der Waals surface area (Å²) in [6.07, 6.45) is 2.19. The van der Waals surface area contributed by atoms with E-state index >= 15 is 0 Å². The van der Waals surface area contributed by atoms with Crippen LogP contribution in [0.15, 0.2) is 0 Å². The molecule has 0 amide bonds. The van der Waals surface area contributed by atoms with Gasteiger partial charge in [-0.2, -0.15) is 5.26 Å². The second-order valence-electron chi connectivity index (χ2n) is 4.46. The first-order chi connectivity index (χ1) is 6.85. The lowest BCUT2D eigenvalue weighted by atomic mass is 9.77. The topological polar surface area (TPSA) is 45.0 Å². The quantitative estimate of drug-likeness (QED) is 0.681. The van der Waals surface area contributed by atoms with E-state index in [1.807, 2.05) is 0 Å². The van der Waals surface area contributed by atoms with E-state index in [0.29, 0.717) is 17.9 Å². The number of ether oxygens (including phenoxy) is 1. The molecule has 2 fully saturated rings. The Morgan fingerprint density at radius 1 is 1.50 bits per heavy atom. The highest BCUT2D eigenvalue weighted by Crippen LogP contribution is 2.30. The van der Waals surface area contributed by atoms with Crippen molar-refractivity contribution in [3.8, 4) is 6.07 Å². The van der Waals surface area contributed by atoms with Crippen LogP contribution in [0.25, 0.3) is 0 Å². The van der Waals surface area contributed by atoms with Gasteiger partial charge in [0.05, 0.1) is 25.2 Å². The molecule has 4 unspecified atom stereocenters. The number of rotatable bonds is 1. The normalized spacial score (nSPS) is 42.6. The van der Waals surface area contributed by atoms with E-state index in [4.69, 9.17) is 10.00 Å². The molecule has 3 nitrogen and oxygen atoms in total. The van der Waals surface area contributed by atoms with Crippen LogP contribution in [-0.2, 0) is 4.74 Å². The summed E-state index contributed by atoms with van der Waals surface area (Å²) in [5, 5.41) is 12.4. The van der Waals surface area contributed by atoms with Crippen molar-refractivity contribution >= 4 is 0 Å². The van der Waals surface area contributed by atoms with Crippen molar-refractivity contribution < 1.29 is 4.74 Å². The van der Waals surface area contributed by atoms with Crippen molar-refractivity contribution in [1.29, 1.82) is 5.26 Å². The van der Waals surface area contributed by atoms with Crippen molar-refractivity contribution in [3.05, 3.63) is 0 Å². The van der Waals surface area contributed by atoms with E-state index in [1.54, 1.807) is 0 Å². The van der Waals surface area contributed by atoms with Gasteiger partial charge in [-0.25, -0.2) is 0 Å². The van der Waals surface area contributed by atoms with E-state index in [0.717, 1.165) is 26.2 Å². The molecule has 78 valence electrons. The van der Waals surface area contributed by atoms with Crippen LogP contribution in [0.5, 0.6) is 0 Å². The fourth-order valence-electron chi connectivity index (χ4n) is 2.71. The molecule has 2 aliphatic heterocycles. The predicted molar refractivity (Wildman–Crippen MR) is 53.6 cm³/mol. The Morgan fingerprint density at radius 2 is 2.36 bits per heavy atom. The summed E-state index contributed by atoms with van der Waals surface area (Å²) in [4.78, 5) is 0. The van der Waals surface area contributed by atoms with E-state index in [1.165, 1.54) is 6.42 Å². The summed E-state index contributed by atoms with van der Waals surface area (Å²) in [6, 6.07) is 2.95. The highest BCUT2D eigenvalue weighted by Gasteiger charge is 2.37. The number of nitriles is 1. The Hall–Kier alpha value is -0.590. The van der Waals surface area contributed by atoms with Crippen molar-refractivity contribution in [3.63, 3.8) is 0 Å². The zero-order chi connectivity index (χ0) is 9.97. The fourth-order valence-corrected chi connectivity index (χ4v) is 2.71.